The zero-order valence-electron chi connectivity index (χ0n) is 43.8. The summed E-state index contributed by atoms with van der Waals surface area (Å²) in [5, 5.41) is 21.1. The van der Waals surface area contributed by atoms with Gasteiger partial charge in [0.25, 0.3) is 11.8 Å². The van der Waals surface area contributed by atoms with Gasteiger partial charge in [0.2, 0.25) is 17.6 Å². The Bertz CT molecular complexity index is 3660. The van der Waals surface area contributed by atoms with Gasteiger partial charge in [0.15, 0.2) is 11.6 Å². The maximum Gasteiger partial charge on any atom is 0.451 e. The fourth-order valence-electron chi connectivity index (χ4n) is 8.82. The van der Waals surface area contributed by atoms with Crippen molar-refractivity contribution in [2.75, 3.05) is 28.4 Å². The van der Waals surface area contributed by atoms with Crippen LogP contribution in [-0.4, -0.2) is 79.2 Å². The highest BCUT2D eigenvalue weighted by atomic mass is 35.5. The molecule has 5 N–H and O–H groups in total. The van der Waals surface area contributed by atoms with Crippen molar-refractivity contribution in [3.8, 4) is 6.01 Å². The highest BCUT2D eigenvalue weighted by Crippen LogP contribution is 2.38. The molecular formula is C57H48Cl2F6N12O5. The lowest BCUT2D eigenvalue weighted by atomic mass is 9.90. The van der Waals surface area contributed by atoms with Crippen LogP contribution in [0.15, 0.2) is 150 Å². The molecule has 4 amide bonds. The summed E-state index contributed by atoms with van der Waals surface area (Å²) >= 11 is 12.5. The number of hydrogen-bond donors (Lipinski definition) is 4. The number of nitrogens with two attached hydrogens (primary N) is 1. The number of ether oxygens (including phenoxy) is 1. The Morgan fingerprint density at radius 1 is 0.622 bits per heavy atom. The Labute approximate surface area is 474 Å². The number of aromatic nitrogens is 4. The van der Waals surface area contributed by atoms with E-state index < -0.39 is 75.7 Å². The molecule has 2 aromatic heterocycles. The van der Waals surface area contributed by atoms with E-state index in [-0.39, 0.29) is 54.3 Å². The van der Waals surface area contributed by atoms with Gasteiger partial charge < -0.3 is 26.4 Å². The van der Waals surface area contributed by atoms with Gasteiger partial charge in [-0.1, -0.05) is 102 Å². The zero-order chi connectivity index (χ0) is 58.9. The van der Waals surface area contributed by atoms with Crippen molar-refractivity contribution in [2.24, 2.45) is 15.9 Å². The smallest absolute Gasteiger partial charge is 0.451 e. The van der Waals surface area contributed by atoms with Crippen molar-refractivity contribution < 1.29 is 50.3 Å². The molecule has 0 spiro atoms. The third kappa shape index (κ3) is 13.0. The Kier molecular flexibility index (Phi) is 16.1. The quantitative estimate of drug-likeness (QED) is 0.0667. The zero-order valence-corrected chi connectivity index (χ0v) is 45.3. The van der Waals surface area contributed by atoms with Crippen LogP contribution in [0.5, 0.6) is 6.01 Å². The van der Waals surface area contributed by atoms with Gasteiger partial charge in [-0.15, -0.1) is 0 Å². The van der Waals surface area contributed by atoms with Gasteiger partial charge in [-0.25, -0.2) is 25.0 Å². The second kappa shape index (κ2) is 22.9. The van der Waals surface area contributed by atoms with Crippen LogP contribution in [0.1, 0.15) is 99.5 Å². The molecule has 9 rings (SSSR count). The van der Waals surface area contributed by atoms with Gasteiger partial charge in [-0.2, -0.15) is 41.5 Å². The van der Waals surface area contributed by atoms with Gasteiger partial charge in [0.1, 0.15) is 28.8 Å². The van der Waals surface area contributed by atoms with Gasteiger partial charge in [0, 0.05) is 40.0 Å². The number of nitrogens with zero attached hydrogens (tertiary/aromatic N) is 8. The van der Waals surface area contributed by atoms with Crippen molar-refractivity contribution in [1.29, 1.82) is 0 Å². The van der Waals surface area contributed by atoms with E-state index in [1.165, 1.54) is 44.8 Å². The lowest BCUT2D eigenvalue weighted by Crippen LogP contribution is -2.53. The maximum absolute atomic E-state index is 14.6. The van der Waals surface area contributed by atoms with E-state index >= 15 is 0 Å². The van der Waals surface area contributed by atoms with Gasteiger partial charge in [0.05, 0.1) is 30.1 Å². The van der Waals surface area contributed by atoms with Gasteiger partial charge >= 0.3 is 18.4 Å². The number of carbonyl (C=O) groups excluding carboxylic acids is 4. The number of alkyl halides is 6. The molecule has 82 heavy (non-hydrogen) atoms. The number of rotatable bonds is 16. The minimum atomic E-state index is -5.04. The predicted molar refractivity (Wildman–Crippen MR) is 295 cm³/mol. The lowest BCUT2D eigenvalue weighted by Gasteiger charge is -2.26. The van der Waals surface area contributed by atoms with Crippen LogP contribution < -0.4 is 36.4 Å². The Morgan fingerprint density at radius 2 is 1.15 bits per heavy atom. The number of nitrogens with one attached hydrogen (secondary N) is 3. The third-order valence-corrected chi connectivity index (χ3v) is 13.8. The van der Waals surface area contributed by atoms with E-state index in [0.717, 1.165) is 28.9 Å². The highest BCUT2D eigenvalue weighted by molar-refractivity contribution is 6.31. The summed E-state index contributed by atoms with van der Waals surface area (Å²) in [6.45, 7) is 5.10. The Morgan fingerprint density at radius 3 is 1.71 bits per heavy atom. The molecule has 0 bridgehead atoms. The van der Waals surface area contributed by atoms with Gasteiger partial charge in [-0.3, -0.25) is 19.2 Å². The van der Waals surface area contributed by atoms with Gasteiger partial charge in [-0.05, 0) is 104 Å². The third-order valence-electron chi connectivity index (χ3n) is 13.3. The summed E-state index contributed by atoms with van der Waals surface area (Å²) < 4.78 is 89.1. The average molecular weight is 1170 g/mol. The molecule has 17 nitrogen and oxygen atoms in total. The number of carbonyl (C=O) groups is 4. The SMILES string of the molecule is CC(C)(NC(=O)c1cnc(C(F)(F)F)nc1N1C[C@H](c2cccc(NC(=O)C(C)(C)NC(=O)c3cnc(OCc4cccc(C(F)(F)F)c4)nc3N3CC(c4ccccc4)C(c4ccc(Cl)cc4)=N3)c2)C(c2ccc(Cl)cc2)=N1)C(N)=O. The van der Waals surface area contributed by atoms with E-state index in [1.807, 2.05) is 30.3 Å². The van der Waals surface area contributed by atoms with E-state index in [2.05, 4.69) is 35.9 Å². The number of hydrogen-bond acceptors (Lipinski definition) is 13. The summed E-state index contributed by atoms with van der Waals surface area (Å²) in [5.74, 6) is -6.74. The number of primary amides is 1. The predicted octanol–water partition coefficient (Wildman–Crippen LogP) is 10.3. The van der Waals surface area contributed by atoms with Crippen LogP contribution >= 0.6 is 23.2 Å². The van der Waals surface area contributed by atoms with E-state index in [4.69, 9.17) is 43.9 Å². The number of halogens is 8. The molecule has 0 saturated carbocycles. The normalized spacial score (nSPS) is 15.6. The highest BCUT2D eigenvalue weighted by Gasteiger charge is 2.41. The van der Waals surface area contributed by atoms with Crippen molar-refractivity contribution >= 4 is 75.6 Å². The molecule has 25 heteroatoms. The molecule has 2 aliphatic rings. The number of hydrazone groups is 2. The summed E-state index contributed by atoms with van der Waals surface area (Å²) in [7, 11) is 0. The molecular weight excluding hydrogens is 1120 g/mol. The lowest BCUT2D eigenvalue weighted by molar-refractivity contribution is -0.145. The number of benzene rings is 5. The van der Waals surface area contributed by atoms with Crippen LogP contribution in [0, 0.1) is 0 Å². The maximum atomic E-state index is 14.6. The van der Waals surface area contributed by atoms with Crippen molar-refractivity contribution in [1.82, 2.24) is 30.6 Å². The molecule has 422 valence electrons. The first-order valence-electron chi connectivity index (χ1n) is 25.0. The molecule has 7 aromatic rings. The fourth-order valence-corrected chi connectivity index (χ4v) is 9.07. The van der Waals surface area contributed by atoms with Crippen molar-refractivity contribution in [3.63, 3.8) is 0 Å². The first kappa shape index (κ1) is 57.7. The van der Waals surface area contributed by atoms with Crippen LogP contribution in [0.25, 0.3) is 0 Å². The molecule has 0 fully saturated rings. The number of amides is 4. The molecule has 0 saturated heterocycles. The minimum Gasteiger partial charge on any atom is -0.459 e. The van der Waals surface area contributed by atoms with Crippen LogP contribution in [0.4, 0.5) is 43.7 Å². The Hall–Kier alpha value is -8.96. The first-order chi connectivity index (χ1) is 38.7. The molecule has 2 aliphatic heterocycles. The summed E-state index contributed by atoms with van der Waals surface area (Å²) in [6, 6.07) is 33.7. The largest absolute Gasteiger partial charge is 0.459 e. The monoisotopic (exact) mass is 1160 g/mol. The fraction of sp³-hybridized carbons (Fsp3) is 0.228. The van der Waals surface area contributed by atoms with Crippen molar-refractivity contribution in [3.05, 3.63) is 200 Å². The Balaban J connectivity index is 1.00. The summed E-state index contributed by atoms with van der Waals surface area (Å²) in [6.07, 6.45) is -7.79. The average Bonchev–Trinajstić information content (AvgIpc) is 3.38. The second-order valence-electron chi connectivity index (χ2n) is 20.1. The number of anilines is 3. The van der Waals surface area contributed by atoms with Crippen LogP contribution in [-0.2, 0) is 28.5 Å². The molecule has 0 radical (unpaired) electrons. The molecule has 0 aliphatic carbocycles. The minimum absolute atomic E-state index is 0.0528. The summed E-state index contributed by atoms with van der Waals surface area (Å²) in [5.41, 5.74) is 4.57. The van der Waals surface area contributed by atoms with E-state index in [0.29, 0.717) is 44.4 Å². The molecule has 4 heterocycles. The molecule has 1 unspecified atom stereocenters. The van der Waals surface area contributed by atoms with E-state index in [9.17, 15) is 45.5 Å². The van der Waals surface area contributed by atoms with E-state index in [1.54, 1.807) is 72.8 Å². The van der Waals surface area contributed by atoms with Crippen molar-refractivity contribution in [2.45, 2.75) is 69.6 Å². The standard InChI is InChI=1S/C57H48Cl2F6N12O5/c1-54(2,50(66)80)72-48(78)40-26-67-51(57(63,64)65)70-46(40)76-29-43(45(75-76)34-18-22-38(59)23-19-34)35-13-9-15-39(25-35)69-52(81)55(3,4)73-49(79)41-27-68-53(82-30-31-10-8-14-36(24-31)56(60,61)62)71-47(41)77-28-42(32-11-6-5-7-12-32)44(74-77)33-16-20-37(58)21-17-33/h5-27,42-43H,28-30H2,1-4H3,(H2,66,80)(H,69,81)(H,72,78)(H,73,79)/t42?,43-/m1/s1. The second-order valence-corrected chi connectivity index (χ2v) is 20.9. The topological polar surface area (TPSA) is 222 Å². The molecule has 5 aromatic carbocycles. The van der Waals surface area contributed by atoms with Crippen LogP contribution in [0.2, 0.25) is 10.0 Å². The summed E-state index contributed by atoms with van der Waals surface area (Å²) in [4.78, 5) is 70.8. The molecule has 2 atom stereocenters. The van der Waals surface area contributed by atoms with Crippen LogP contribution in [0.3, 0.4) is 0 Å². The first-order valence-corrected chi connectivity index (χ1v) is 25.7.